The van der Waals surface area contributed by atoms with Crippen LogP contribution in [0.3, 0.4) is 0 Å². The van der Waals surface area contributed by atoms with E-state index < -0.39 is 0 Å². The van der Waals surface area contributed by atoms with Gasteiger partial charge in [-0.2, -0.15) is 0 Å². The number of halogens is 2. The smallest absolute Gasteiger partial charge is 0.267 e. The minimum Gasteiger partial charge on any atom is -0.480 e. The van der Waals surface area contributed by atoms with Gasteiger partial charge in [0.1, 0.15) is 11.6 Å². The first kappa shape index (κ1) is 22.8. The van der Waals surface area contributed by atoms with E-state index in [0.717, 1.165) is 20.3 Å². The number of aromatic amines is 1. The fourth-order valence-corrected chi connectivity index (χ4v) is 3.10. The van der Waals surface area contributed by atoms with Gasteiger partial charge in [0.05, 0.1) is 16.1 Å². The Morgan fingerprint density at radius 3 is 1.87 bits per heavy atom. The third-order valence-corrected chi connectivity index (χ3v) is 4.84. The van der Waals surface area contributed by atoms with E-state index in [4.69, 9.17) is 4.74 Å². The van der Waals surface area contributed by atoms with Gasteiger partial charge in [0.25, 0.3) is 5.56 Å². The van der Waals surface area contributed by atoms with Crippen molar-refractivity contribution in [1.29, 1.82) is 0 Å². The number of rotatable bonds is 5. The summed E-state index contributed by atoms with van der Waals surface area (Å²) >= 11 is 6.55. The van der Waals surface area contributed by atoms with Gasteiger partial charge in [-0.25, -0.2) is 19.9 Å². The molecule has 0 aliphatic heterocycles. The van der Waals surface area contributed by atoms with Crippen LogP contribution >= 0.6 is 31.9 Å². The Morgan fingerprint density at radius 1 is 0.903 bits per heavy atom. The number of H-pyrrole nitrogens is 1. The SMILES string of the molecule is COc1nn(C)cc1Cc1ncc(Br)cn1.Cn1cc(Cc2ncc(Br)cn2)c(=O)[nH]1. The Bertz CT molecular complexity index is 1180. The van der Waals surface area contributed by atoms with Gasteiger partial charge in [0.15, 0.2) is 0 Å². The summed E-state index contributed by atoms with van der Waals surface area (Å²) in [6, 6.07) is 0. The van der Waals surface area contributed by atoms with E-state index in [9.17, 15) is 4.79 Å². The largest absolute Gasteiger partial charge is 0.480 e. The van der Waals surface area contributed by atoms with Crippen LogP contribution in [0.1, 0.15) is 22.8 Å². The monoisotopic (exact) mass is 550 g/mol. The molecule has 162 valence electrons. The second-order valence-corrected chi connectivity index (χ2v) is 8.36. The van der Waals surface area contributed by atoms with Crippen molar-refractivity contribution < 1.29 is 4.74 Å². The zero-order valence-electron chi connectivity index (χ0n) is 17.1. The van der Waals surface area contributed by atoms with Gasteiger partial charge in [-0.1, -0.05) is 0 Å². The molecule has 4 heterocycles. The van der Waals surface area contributed by atoms with Gasteiger partial charge in [-0.15, -0.1) is 5.10 Å². The molecule has 0 atom stereocenters. The molecule has 0 unspecified atom stereocenters. The molecule has 10 nitrogen and oxygen atoms in total. The molecule has 0 saturated heterocycles. The van der Waals surface area contributed by atoms with Gasteiger partial charge in [-0.05, 0) is 31.9 Å². The summed E-state index contributed by atoms with van der Waals surface area (Å²) in [5, 5.41) is 6.81. The molecule has 4 aromatic rings. The van der Waals surface area contributed by atoms with Gasteiger partial charge < -0.3 is 4.74 Å². The number of aryl methyl sites for hydroxylation is 2. The minimum absolute atomic E-state index is 0.0935. The van der Waals surface area contributed by atoms with E-state index in [0.29, 0.717) is 30.1 Å². The van der Waals surface area contributed by atoms with Crippen LogP contribution in [0.25, 0.3) is 0 Å². The van der Waals surface area contributed by atoms with Crippen molar-refractivity contribution in [3.63, 3.8) is 0 Å². The Labute approximate surface area is 195 Å². The number of hydrogen-bond donors (Lipinski definition) is 1. The molecule has 0 aliphatic carbocycles. The molecule has 4 rings (SSSR count). The second kappa shape index (κ2) is 10.4. The molecule has 0 saturated carbocycles. The third-order valence-electron chi connectivity index (χ3n) is 4.02. The first-order chi connectivity index (χ1) is 14.8. The number of aromatic nitrogens is 8. The highest BCUT2D eigenvalue weighted by Crippen LogP contribution is 2.17. The number of nitrogens with zero attached hydrogens (tertiary/aromatic N) is 7. The van der Waals surface area contributed by atoms with Gasteiger partial charge in [0.2, 0.25) is 5.88 Å². The average Bonchev–Trinajstić information content (AvgIpc) is 3.26. The Kier molecular flexibility index (Phi) is 7.69. The van der Waals surface area contributed by atoms with Gasteiger partial charge in [0, 0.05) is 75.2 Å². The predicted octanol–water partition coefficient (Wildman–Crippen LogP) is 2.43. The first-order valence-corrected chi connectivity index (χ1v) is 10.7. The van der Waals surface area contributed by atoms with Crippen molar-refractivity contribution >= 4 is 31.9 Å². The van der Waals surface area contributed by atoms with E-state index >= 15 is 0 Å². The maximum atomic E-state index is 11.4. The number of nitrogens with one attached hydrogen (secondary N) is 1. The summed E-state index contributed by atoms with van der Waals surface area (Å²) in [6.07, 6.45) is 11.5. The van der Waals surface area contributed by atoms with Crippen molar-refractivity contribution in [1.82, 2.24) is 39.5 Å². The van der Waals surface area contributed by atoms with Crippen LogP contribution in [0, 0.1) is 0 Å². The quantitative estimate of drug-likeness (QED) is 0.405. The molecule has 12 heteroatoms. The van der Waals surface area contributed by atoms with E-state index in [1.165, 1.54) is 0 Å². The molecule has 1 N–H and O–H groups in total. The molecule has 0 fully saturated rings. The van der Waals surface area contributed by atoms with Crippen molar-refractivity contribution in [2.75, 3.05) is 7.11 Å². The van der Waals surface area contributed by atoms with Crippen LogP contribution < -0.4 is 10.3 Å². The summed E-state index contributed by atoms with van der Waals surface area (Å²) < 4.78 is 10.2. The second-order valence-electron chi connectivity index (χ2n) is 6.53. The molecule has 0 radical (unpaired) electrons. The van der Waals surface area contributed by atoms with Crippen LogP contribution in [0.4, 0.5) is 0 Å². The lowest BCUT2D eigenvalue weighted by Gasteiger charge is -1.99. The van der Waals surface area contributed by atoms with Crippen molar-refractivity contribution in [2.24, 2.45) is 14.1 Å². The first-order valence-electron chi connectivity index (χ1n) is 9.08. The molecular weight excluding hydrogens is 532 g/mol. The van der Waals surface area contributed by atoms with Crippen molar-refractivity contribution in [2.45, 2.75) is 12.8 Å². The molecule has 0 bridgehead atoms. The van der Waals surface area contributed by atoms with E-state index in [1.54, 1.807) is 54.5 Å². The zero-order chi connectivity index (χ0) is 22.4. The highest BCUT2D eigenvalue weighted by Gasteiger charge is 2.10. The normalized spacial score (nSPS) is 10.5. The van der Waals surface area contributed by atoms with Crippen LogP contribution in [0.15, 0.2) is 50.9 Å². The van der Waals surface area contributed by atoms with Crippen LogP contribution in [0.2, 0.25) is 0 Å². The Morgan fingerprint density at radius 2 is 1.42 bits per heavy atom. The lowest BCUT2D eigenvalue weighted by molar-refractivity contribution is 0.388. The topological polar surface area (TPSA) is 116 Å². The predicted molar refractivity (Wildman–Crippen MR) is 121 cm³/mol. The summed E-state index contributed by atoms with van der Waals surface area (Å²) in [6.45, 7) is 0. The molecule has 4 aromatic heterocycles. The third kappa shape index (κ3) is 6.56. The van der Waals surface area contributed by atoms with Gasteiger partial charge in [-0.3, -0.25) is 19.3 Å². The van der Waals surface area contributed by atoms with Crippen LogP contribution in [-0.2, 0) is 26.9 Å². The maximum Gasteiger partial charge on any atom is 0.267 e. The number of hydrogen-bond acceptors (Lipinski definition) is 7. The van der Waals surface area contributed by atoms with Crippen molar-refractivity contribution in [3.8, 4) is 5.88 Å². The molecule has 0 aliphatic rings. The highest BCUT2D eigenvalue weighted by molar-refractivity contribution is 9.10. The van der Waals surface area contributed by atoms with Gasteiger partial charge >= 0.3 is 0 Å². The standard InChI is InChI=1S/C10H11BrN4O.C9H9BrN4O/c1-15-6-7(10(14-15)16-2)3-9-12-4-8(11)5-13-9;1-14-5-6(9(15)13-14)2-8-11-3-7(10)4-12-8/h4-6H,3H2,1-2H3;3-5H,2H2,1H3,(H,13,15). The summed E-state index contributed by atoms with van der Waals surface area (Å²) in [5.41, 5.74) is 1.55. The minimum atomic E-state index is -0.0935. The highest BCUT2D eigenvalue weighted by atomic mass is 79.9. The van der Waals surface area contributed by atoms with E-state index in [1.807, 2.05) is 13.2 Å². The Balaban J connectivity index is 0.000000176. The summed E-state index contributed by atoms with van der Waals surface area (Å²) in [7, 11) is 5.23. The molecule has 31 heavy (non-hydrogen) atoms. The van der Waals surface area contributed by atoms with E-state index in [2.05, 4.69) is 62.0 Å². The summed E-state index contributed by atoms with van der Waals surface area (Å²) in [5.74, 6) is 2.00. The average molecular weight is 552 g/mol. The lowest BCUT2D eigenvalue weighted by atomic mass is 10.2. The molecule has 0 spiro atoms. The van der Waals surface area contributed by atoms with Crippen molar-refractivity contribution in [3.05, 3.63) is 79.3 Å². The summed E-state index contributed by atoms with van der Waals surface area (Å²) in [4.78, 5) is 28.0. The maximum absolute atomic E-state index is 11.4. The zero-order valence-corrected chi connectivity index (χ0v) is 20.3. The fraction of sp³-hybridized carbons (Fsp3) is 0.263. The lowest BCUT2D eigenvalue weighted by Crippen LogP contribution is -2.08. The number of ether oxygens (including phenoxy) is 1. The molecule has 0 aromatic carbocycles. The molecule has 0 amide bonds. The van der Waals surface area contributed by atoms with Crippen LogP contribution in [-0.4, -0.2) is 46.6 Å². The van der Waals surface area contributed by atoms with E-state index in [-0.39, 0.29) is 5.56 Å². The number of methoxy groups -OCH3 is 1. The van der Waals surface area contributed by atoms with Crippen LogP contribution in [0.5, 0.6) is 5.88 Å². The Hall–Kier alpha value is -2.86. The fourth-order valence-electron chi connectivity index (χ4n) is 2.69. The molecular formula is C19H20Br2N8O2.